The van der Waals surface area contributed by atoms with Crippen molar-refractivity contribution < 1.29 is 4.74 Å². The van der Waals surface area contributed by atoms with E-state index in [1.165, 1.54) is 0 Å². The minimum Gasteiger partial charge on any atom is -0.497 e. The van der Waals surface area contributed by atoms with Crippen LogP contribution in [0.4, 0.5) is 0 Å². The SMILES string of the molecule is CC.CC.COc1cc(Cl)cc(Br)c1. The van der Waals surface area contributed by atoms with Crippen LogP contribution < -0.4 is 4.74 Å². The molecule has 3 heteroatoms. The third kappa shape index (κ3) is 7.22. The third-order valence-corrected chi connectivity index (χ3v) is 1.75. The standard InChI is InChI=1S/C7H6BrClO.2C2H6/c1-10-7-3-5(8)2-6(9)4-7;2*1-2/h2-4H,1H3;2*1-2H3. The molecule has 0 fully saturated rings. The molecule has 1 aromatic carbocycles. The summed E-state index contributed by atoms with van der Waals surface area (Å²) < 4.78 is 5.89. The summed E-state index contributed by atoms with van der Waals surface area (Å²) in [6.07, 6.45) is 0. The molecule has 1 aromatic rings. The molecule has 0 N–H and O–H groups in total. The summed E-state index contributed by atoms with van der Waals surface area (Å²) in [5.74, 6) is 0.763. The minimum absolute atomic E-state index is 0.672. The molecule has 0 spiro atoms. The van der Waals surface area contributed by atoms with E-state index in [1.54, 1.807) is 13.2 Å². The van der Waals surface area contributed by atoms with Gasteiger partial charge in [-0.25, -0.2) is 0 Å². The number of methoxy groups -OCH3 is 1. The largest absolute Gasteiger partial charge is 0.497 e. The van der Waals surface area contributed by atoms with E-state index in [0.717, 1.165) is 10.2 Å². The van der Waals surface area contributed by atoms with Gasteiger partial charge in [0.2, 0.25) is 0 Å². The highest BCUT2D eigenvalue weighted by molar-refractivity contribution is 9.10. The van der Waals surface area contributed by atoms with Crippen molar-refractivity contribution in [2.75, 3.05) is 7.11 Å². The van der Waals surface area contributed by atoms with E-state index in [4.69, 9.17) is 16.3 Å². The zero-order chi connectivity index (χ0) is 11.6. The number of ether oxygens (including phenoxy) is 1. The van der Waals surface area contributed by atoms with Crippen LogP contribution in [-0.4, -0.2) is 7.11 Å². The first-order valence-corrected chi connectivity index (χ1v) is 5.89. The number of halogens is 2. The lowest BCUT2D eigenvalue weighted by Crippen LogP contribution is -1.81. The van der Waals surface area contributed by atoms with Crippen molar-refractivity contribution in [2.24, 2.45) is 0 Å². The van der Waals surface area contributed by atoms with Crippen LogP contribution in [0.5, 0.6) is 5.75 Å². The highest BCUT2D eigenvalue weighted by Gasteiger charge is 1.95. The summed E-state index contributed by atoms with van der Waals surface area (Å²) in [6, 6.07) is 5.42. The van der Waals surface area contributed by atoms with Crippen LogP contribution in [0.1, 0.15) is 27.7 Å². The molecule has 1 rings (SSSR count). The van der Waals surface area contributed by atoms with Crippen LogP contribution in [0.3, 0.4) is 0 Å². The Morgan fingerprint density at radius 2 is 1.57 bits per heavy atom. The van der Waals surface area contributed by atoms with E-state index in [-0.39, 0.29) is 0 Å². The van der Waals surface area contributed by atoms with E-state index in [1.807, 2.05) is 39.8 Å². The van der Waals surface area contributed by atoms with Crippen LogP contribution in [0, 0.1) is 0 Å². The fourth-order valence-corrected chi connectivity index (χ4v) is 1.48. The molecule has 0 radical (unpaired) electrons. The second kappa shape index (κ2) is 10.9. The summed E-state index contributed by atoms with van der Waals surface area (Å²) in [4.78, 5) is 0. The number of benzene rings is 1. The van der Waals surface area contributed by atoms with Gasteiger partial charge in [0.15, 0.2) is 0 Å². The summed E-state index contributed by atoms with van der Waals surface area (Å²) in [7, 11) is 1.61. The Morgan fingerprint density at radius 3 is 1.93 bits per heavy atom. The highest BCUT2D eigenvalue weighted by Crippen LogP contribution is 2.23. The lowest BCUT2D eigenvalue weighted by molar-refractivity contribution is 0.414. The fourth-order valence-electron chi connectivity index (χ4n) is 0.646. The molecule has 0 aliphatic carbocycles. The van der Waals surface area contributed by atoms with Crippen LogP contribution in [0.2, 0.25) is 5.02 Å². The molecule has 0 saturated heterocycles. The second-order valence-corrected chi connectivity index (χ2v) is 3.16. The Hall–Kier alpha value is -0.210. The van der Waals surface area contributed by atoms with Gasteiger partial charge in [-0.3, -0.25) is 0 Å². The quantitative estimate of drug-likeness (QED) is 0.690. The average Bonchev–Trinajstić information content (AvgIpc) is 2.22. The molecule has 0 bridgehead atoms. The van der Waals surface area contributed by atoms with Crippen molar-refractivity contribution in [1.82, 2.24) is 0 Å². The number of hydrogen-bond acceptors (Lipinski definition) is 1. The fraction of sp³-hybridized carbons (Fsp3) is 0.455. The zero-order valence-electron chi connectivity index (χ0n) is 9.40. The van der Waals surface area contributed by atoms with E-state index in [2.05, 4.69) is 15.9 Å². The maximum absolute atomic E-state index is 5.72. The summed E-state index contributed by atoms with van der Waals surface area (Å²) >= 11 is 9.01. The maximum atomic E-state index is 5.72. The van der Waals surface area contributed by atoms with Gasteiger partial charge >= 0.3 is 0 Å². The van der Waals surface area contributed by atoms with Crippen LogP contribution in [-0.2, 0) is 0 Å². The predicted octanol–water partition coefficient (Wildman–Crippen LogP) is 5.16. The molecule has 0 atom stereocenters. The van der Waals surface area contributed by atoms with E-state index in [9.17, 15) is 0 Å². The van der Waals surface area contributed by atoms with Gasteiger partial charge in [0.05, 0.1) is 7.11 Å². The average molecular weight is 282 g/mol. The lowest BCUT2D eigenvalue weighted by Gasteiger charge is -1.99. The zero-order valence-corrected chi connectivity index (χ0v) is 11.7. The molecule has 0 unspecified atom stereocenters. The van der Waals surface area contributed by atoms with Crippen LogP contribution in [0.25, 0.3) is 0 Å². The molecule has 1 nitrogen and oxygen atoms in total. The first-order valence-electron chi connectivity index (χ1n) is 4.72. The van der Waals surface area contributed by atoms with Crippen molar-refractivity contribution in [3.05, 3.63) is 27.7 Å². The second-order valence-electron chi connectivity index (χ2n) is 1.81. The summed E-state index contributed by atoms with van der Waals surface area (Å²) in [6.45, 7) is 8.00. The number of hydrogen-bond donors (Lipinski definition) is 0. The first-order chi connectivity index (χ1) is 6.72. The Kier molecular flexibility index (Phi) is 12.6. The molecule has 0 amide bonds. The van der Waals surface area contributed by atoms with Crippen molar-refractivity contribution >= 4 is 27.5 Å². The minimum atomic E-state index is 0.672. The lowest BCUT2D eigenvalue weighted by atomic mass is 10.3. The first kappa shape index (κ1) is 16.2. The van der Waals surface area contributed by atoms with Crippen molar-refractivity contribution in [1.29, 1.82) is 0 Å². The monoisotopic (exact) mass is 280 g/mol. The molecule has 0 saturated carbocycles. The van der Waals surface area contributed by atoms with E-state index < -0.39 is 0 Å². The van der Waals surface area contributed by atoms with Crippen molar-refractivity contribution in [3.8, 4) is 5.75 Å². The van der Waals surface area contributed by atoms with Gasteiger partial charge in [0.25, 0.3) is 0 Å². The van der Waals surface area contributed by atoms with Crippen molar-refractivity contribution in [3.63, 3.8) is 0 Å². The predicted molar refractivity (Wildman–Crippen MR) is 68.4 cm³/mol. The molecular formula is C11H18BrClO. The smallest absolute Gasteiger partial charge is 0.121 e. The van der Waals surface area contributed by atoms with Gasteiger partial charge < -0.3 is 4.74 Å². The Bertz CT molecular complexity index is 218. The molecule has 0 aliphatic rings. The van der Waals surface area contributed by atoms with Gasteiger partial charge in [0, 0.05) is 9.50 Å². The molecule has 0 aromatic heterocycles. The van der Waals surface area contributed by atoms with Crippen LogP contribution >= 0.6 is 27.5 Å². The van der Waals surface area contributed by atoms with Gasteiger partial charge in [-0.15, -0.1) is 0 Å². The van der Waals surface area contributed by atoms with E-state index >= 15 is 0 Å². The van der Waals surface area contributed by atoms with Gasteiger partial charge in [-0.2, -0.15) is 0 Å². The van der Waals surface area contributed by atoms with Gasteiger partial charge in [-0.1, -0.05) is 55.2 Å². The Balaban J connectivity index is 0. The maximum Gasteiger partial charge on any atom is 0.121 e. The van der Waals surface area contributed by atoms with E-state index in [0.29, 0.717) is 5.02 Å². The number of rotatable bonds is 1. The van der Waals surface area contributed by atoms with Gasteiger partial charge in [-0.05, 0) is 18.2 Å². The molecule has 0 heterocycles. The highest BCUT2D eigenvalue weighted by atomic mass is 79.9. The molecule has 82 valence electrons. The van der Waals surface area contributed by atoms with Gasteiger partial charge in [0.1, 0.15) is 5.75 Å². The molecule has 14 heavy (non-hydrogen) atoms. The molecule has 0 aliphatic heterocycles. The topological polar surface area (TPSA) is 9.23 Å². The van der Waals surface area contributed by atoms with Crippen molar-refractivity contribution in [2.45, 2.75) is 27.7 Å². The Morgan fingerprint density at radius 1 is 1.07 bits per heavy atom. The Labute approximate surface area is 101 Å². The third-order valence-electron chi connectivity index (χ3n) is 1.07. The summed E-state index contributed by atoms with van der Waals surface area (Å²) in [5, 5.41) is 0.672. The van der Waals surface area contributed by atoms with Crippen LogP contribution in [0.15, 0.2) is 22.7 Å². The molecular weight excluding hydrogens is 263 g/mol. The summed E-state index contributed by atoms with van der Waals surface area (Å²) in [5.41, 5.74) is 0. The normalized spacial score (nSPS) is 7.64.